The third kappa shape index (κ3) is 2.93. The van der Waals surface area contributed by atoms with Crippen molar-refractivity contribution in [1.29, 1.82) is 0 Å². The monoisotopic (exact) mass is 308 g/mol. The first-order valence-corrected chi connectivity index (χ1v) is 6.75. The van der Waals surface area contributed by atoms with Gasteiger partial charge in [-0.25, -0.2) is 13.8 Å². The lowest BCUT2D eigenvalue weighted by molar-refractivity contribution is 0.0159. The predicted molar refractivity (Wildman–Crippen MR) is 79.8 cm³/mol. The lowest BCUT2D eigenvalue weighted by Crippen LogP contribution is -2.38. The highest BCUT2D eigenvalue weighted by Crippen LogP contribution is 2.32. The molecule has 0 saturated carbocycles. The standard InChI is InChI=1S/C16H18F2N2O2/c1-10-7-11(3-4-12(10)18)15-13(22-2)5-6-14(20-15)16(21,8-17)9-19/h3-7,21H,8-9,19H2,1-2H3. The average Bonchev–Trinajstić information content (AvgIpc) is 2.56. The van der Waals surface area contributed by atoms with Gasteiger partial charge in [0, 0.05) is 12.1 Å². The molecule has 3 N–H and O–H groups in total. The number of rotatable bonds is 5. The van der Waals surface area contributed by atoms with Crippen molar-refractivity contribution in [1.82, 2.24) is 4.98 Å². The molecule has 0 fully saturated rings. The fourth-order valence-corrected chi connectivity index (χ4v) is 2.10. The Balaban J connectivity index is 2.60. The first-order chi connectivity index (χ1) is 10.4. The minimum Gasteiger partial charge on any atom is -0.494 e. The molecule has 0 saturated heterocycles. The van der Waals surface area contributed by atoms with Gasteiger partial charge in [0.15, 0.2) is 0 Å². The van der Waals surface area contributed by atoms with Crippen molar-refractivity contribution in [3.8, 4) is 17.0 Å². The summed E-state index contributed by atoms with van der Waals surface area (Å²) in [6.45, 7) is 0.280. The lowest BCUT2D eigenvalue weighted by Gasteiger charge is -2.23. The SMILES string of the molecule is COc1ccc(C(O)(CN)CF)nc1-c1ccc(F)c(C)c1. The number of pyridine rings is 1. The van der Waals surface area contributed by atoms with Crippen LogP contribution in [-0.4, -0.2) is 30.4 Å². The summed E-state index contributed by atoms with van der Waals surface area (Å²) in [5, 5.41) is 10.2. The smallest absolute Gasteiger partial charge is 0.147 e. The Kier molecular flexibility index (Phi) is 4.73. The number of halogens is 2. The van der Waals surface area contributed by atoms with E-state index in [1.54, 1.807) is 25.1 Å². The highest BCUT2D eigenvalue weighted by Gasteiger charge is 2.30. The first-order valence-electron chi connectivity index (χ1n) is 6.75. The Hall–Kier alpha value is -2.05. The maximum Gasteiger partial charge on any atom is 0.147 e. The number of aryl methyl sites for hydroxylation is 1. The minimum atomic E-state index is -1.85. The van der Waals surface area contributed by atoms with Crippen molar-refractivity contribution in [2.45, 2.75) is 12.5 Å². The Morgan fingerprint density at radius 1 is 1.32 bits per heavy atom. The molecule has 6 heteroatoms. The molecule has 2 rings (SSSR count). The second-order valence-electron chi connectivity index (χ2n) is 5.08. The highest BCUT2D eigenvalue weighted by molar-refractivity contribution is 5.67. The normalized spacial score (nSPS) is 13.7. The number of alkyl halides is 1. The Bertz CT molecular complexity index is 673. The van der Waals surface area contributed by atoms with Crippen LogP contribution in [0.4, 0.5) is 8.78 Å². The summed E-state index contributed by atoms with van der Waals surface area (Å²) >= 11 is 0. The molecule has 0 aliphatic carbocycles. The largest absolute Gasteiger partial charge is 0.494 e. The van der Waals surface area contributed by atoms with Crippen molar-refractivity contribution in [2.75, 3.05) is 20.3 Å². The zero-order valence-corrected chi connectivity index (χ0v) is 12.4. The number of benzene rings is 1. The summed E-state index contributed by atoms with van der Waals surface area (Å²) in [4.78, 5) is 4.28. The van der Waals surface area contributed by atoms with E-state index in [1.807, 2.05) is 0 Å². The summed E-state index contributed by atoms with van der Waals surface area (Å²) in [7, 11) is 1.47. The van der Waals surface area contributed by atoms with Gasteiger partial charge in [0.05, 0.1) is 12.8 Å². The van der Waals surface area contributed by atoms with Crippen LogP contribution in [0.15, 0.2) is 30.3 Å². The summed E-state index contributed by atoms with van der Waals surface area (Å²) in [6.07, 6.45) is 0. The van der Waals surface area contributed by atoms with E-state index >= 15 is 0 Å². The van der Waals surface area contributed by atoms with Crippen LogP contribution in [0.5, 0.6) is 5.75 Å². The van der Waals surface area contributed by atoms with Gasteiger partial charge < -0.3 is 15.6 Å². The van der Waals surface area contributed by atoms with Crippen molar-refractivity contribution in [3.05, 3.63) is 47.4 Å². The fraction of sp³-hybridized carbons (Fsp3) is 0.312. The lowest BCUT2D eigenvalue weighted by atomic mass is 9.99. The van der Waals surface area contributed by atoms with Crippen molar-refractivity contribution < 1.29 is 18.6 Å². The molecule has 118 valence electrons. The summed E-state index contributed by atoms with van der Waals surface area (Å²) in [6, 6.07) is 7.52. The van der Waals surface area contributed by atoms with Crippen molar-refractivity contribution in [2.24, 2.45) is 5.73 Å². The van der Waals surface area contributed by atoms with Gasteiger partial charge in [-0.3, -0.25) is 0 Å². The Morgan fingerprint density at radius 2 is 2.05 bits per heavy atom. The van der Waals surface area contributed by atoms with Gasteiger partial charge in [0.25, 0.3) is 0 Å². The molecule has 1 unspecified atom stereocenters. The van der Waals surface area contributed by atoms with Crippen LogP contribution in [0.2, 0.25) is 0 Å². The van der Waals surface area contributed by atoms with Gasteiger partial charge in [-0.05, 0) is 42.8 Å². The van der Waals surface area contributed by atoms with Crippen molar-refractivity contribution >= 4 is 0 Å². The van der Waals surface area contributed by atoms with E-state index in [2.05, 4.69) is 4.98 Å². The molecule has 0 aliphatic rings. The quantitative estimate of drug-likeness (QED) is 0.889. The Labute approximate surface area is 127 Å². The van der Waals surface area contributed by atoms with Crippen molar-refractivity contribution in [3.63, 3.8) is 0 Å². The molecule has 0 spiro atoms. The molecule has 2 aromatic rings. The van der Waals surface area contributed by atoms with Gasteiger partial charge in [-0.15, -0.1) is 0 Å². The van der Waals surface area contributed by atoms with Gasteiger partial charge >= 0.3 is 0 Å². The molecule has 1 aromatic heterocycles. The first kappa shape index (κ1) is 16.3. The number of methoxy groups -OCH3 is 1. The number of nitrogens with two attached hydrogens (primary N) is 1. The summed E-state index contributed by atoms with van der Waals surface area (Å²) in [5.74, 6) is 0.106. The van der Waals surface area contributed by atoms with Crippen LogP contribution in [0.3, 0.4) is 0 Å². The van der Waals surface area contributed by atoms with E-state index in [0.717, 1.165) is 0 Å². The van der Waals surface area contributed by atoms with E-state index in [1.165, 1.54) is 19.2 Å². The van der Waals surface area contributed by atoms with Gasteiger partial charge in [-0.1, -0.05) is 0 Å². The topological polar surface area (TPSA) is 68.4 Å². The van der Waals surface area contributed by atoms with E-state index < -0.39 is 12.3 Å². The average molecular weight is 308 g/mol. The number of aliphatic hydroxyl groups is 1. The number of hydrogen-bond acceptors (Lipinski definition) is 4. The van der Waals surface area contributed by atoms with E-state index in [9.17, 15) is 13.9 Å². The Morgan fingerprint density at radius 3 is 2.59 bits per heavy atom. The van der Waals surface area contributed by atoms with Gasteiger partial charge in [0.1, 0.15) is 29.5 Å². The number of ether oxygens (including phenoxy) is 1. The zero-order valence-electron chi connectivity index (χ0n) is 12.4. The molecule has 1 atom stereocenters. The predicted octanol–water partition coefficient (Wildman–Crippen LogP) is 2.32. The minimum absolute atomic E-state index is 0.107. The van der Waals surface area contributed by atoms with Crippen LogP contribution in [-0.2, 0) is 5.60 Å². The van der Waals surface area contributed by atoms with Gasteiger partial charge in [0.2, 0.25) is 0 Å². The molecule has 0 amide bonds. The van der Waals surface area contributed by atoms with Crippen LogP contribution in [0.1, 0.15) is 11.3 Å². The summed E-state index contributed by atoms with van der Waals surface area (Å²) < 4.78 is 31.8. The van der Waals surface area contributed by atoms with Crippen LogP contribution >= 0.6 is 0 Å². The maximum absolute atomic E-state index is 13.4. The third-order valence-electron chi connectivity index (χ3n) is 3.55. The fourth-order valence-electron chi connectivity index (χ4n) is 2.10. The second-order valence-corrected chi connectivity index (χ2v) is 5.08. The molecular formula is C16H18F2N2O2. The van der Waals surface area contributed by atoms with E-state index in [0.29, 0.717) is 22.6 Å². The molecule has 0 aliphatic heterocycles. The molecule has 1 aromatic carbocycles. The summed E-state index contributed by atoms with van der Waals surface area (Å²) in [5.41, 5.74) is 5.15. The molecule has 22 heavy (non-hydrogen) atoms. The molecule has 0 bridgehead atoms. The maximum atomic E-state index is 13.4. The van der Waals surface area contributed by atoms with Gasteiger partial charge in [-0.2, -0.15) is 0 Å². The number of hydrogen-bond donors (Lipinski definition) is 2. The number of aromatic nitrogens is 1. The highest BCUT2D eigenvalue weighted by atomic mass is 19.1. The van der Waals surface area contributed by atoms with E-state index in [4.69, 9.17) is 10.5 Å². The molecule has 4 nitrogen and oxygen atoms in total. The van der Waals surface area contributed by atoms with E-state index in [-0.39, 0.29) is 18.1 Å². The third-order valence-corrected chi connectivity index (χ3v) is 3.55. The second kappa shape index (κ2) is 6.37. The number of nitrogens with zero attached hydrogens (tertiary/aromatic N) is 1. The van der Waals surface area contributed by atoms with Crippen LogP contribution in [0, 0.1) is 12.7 Å². The molecule has 1 heterocycles. The van der Waals surface area contributed by atoms with Crippen LogP contribution in [0.25, 0.3) is 11.3 Å². The molecule has 0 radical (unpaired) electrons. The zero-order chi connectivity index (χ0) is 16.3. The van der Waals surface area contributed by atoms with Crippen LogP contribution < -0.4 is 10.5 Å². The molecular weight excluding hydrogens is 290 g/mol.